The molecule has 24 heavy (non-hydrogen) atoms. The van der Waals surface area contributed by atoms with Gasteiger partial charge >= 0.3 is 0 Å². The molecule has 5 nitrogen and oxygen atoms in total. The molecule has 0 aliphatic carbocycles. The molecule has 0 spiro atoms. The van der Waals surface area contributed by atoms with E-state index in [2.05, 4.69) is 15.7 Å². The van der Waals surface area contributed by atoms with Gasteiger partial charge in [-0.3, -0.25) is 9.48 Å². The van der Waals surface area contributed by atoms with Crippen LogP contribution in [0.4, 0.5) is 0 Å². The van der Waals surface area contributed by atoms with E-state index in [-0.39, 0.29) is 12.5 Å². The van der Waals surface area contributed by atoms with Crippen LogP contribution in [0.15, 0.2) is 30.5 Å². The average molecular weight is 367 g/mol. The van der Waals surface area contributed by atoms with Crippen molar-refractivity contribution in [2.24, 2.45) is 0 Å². The van der Waals surface area contributed by atoms with Crippen molar-refractivity contribution in [3.05, 3.63) is 51.8 Å². The molecule has 1 aliphatic rings. The van der Waals surface area contributed by atoms with Crippen LogP contribution in [-0.2, 0) is 17.9 Å². The number of nitrogens with one attached hydrogen (secondary N) is 2. The smallest absolute Gasteiger partial charge is 0.242 e. The summed E-state index contributed by atoms with van der Waals surface area (Å²) in [6, 6.07) is 7.34. The minimum atomic E-state index is -0.0743. The Labute approximate surface area is 151 Å². The van der Waals surface area contributed by atoms with Crippen molar-refractivity contribution in [1.29, 1.82) is 0 Å². The summed E-state index contributed by atoms with van der Waals surface area (Å²) in [7, 11) is 0. The minimum Gasteiger partial charge on any atom is -0.350 e. The van der Waals surface area contributed by atoms with Gasteiger partial charge < -0.3 is 10.6 Å². The van der Waals surface area contributed by atoms with Crippen molar-refractivity contribution in [3.63, 3.8) is 0 Å². The highest BCUT2D eigenvalue weighted by Gasteiger charge is 2.19. The SMILES string of the molecule is O=C(Cn1nccc1[C@@H]1CCCNC1)NCc1ccc(Cl)c(Cl)c1. The predicted octanol–water partition coefficient (Wildman–Crippen LogP) is 2.97. The second-order valence-corrected chi connectivity index (χ2v) is 6.80. The van der Waals surface area contributed by atoms with Crippen LogP contribution in [0.2, 0.25) is 10.0 Å². The number of carbonyl (C=O) groups is 1. The van der Waals surface area contributed by atoms with Gasteiger partial charge in [0, 0.05) is 30.9 Å². The van der Waals surface area contributed by atoms with Gasteiger partial charge in [-0.15, -0.1) is 0 Å². The minimum absolute atomic E-state index is 0.0743. The molecular formula is C17H20Cl2N4O. The fourth-order valence-corrected chi connectivity index (χ4v) is 3.29. The van der Waals surface area contributed by atoms with E-state index in [0.717, 1.165) is 37.2 Å². The molecule has 2 aromatic rings. The lowest BCUT2D eigenvalue weighted by molar-refractivity contribution is -0.122. The lowest BCUT2D eigenvalue weighted by atomic mass is 9.96. The molecule has 0 radical (unpaired) electrons. The van der Waals surface area contributed by atoms with Gasteiger partial charge in [0.2, 0.25) is 5.91 Å². The summed E-state index contributed by atoms with van der Waals surface area (Å²) in [5.74, 6) is 0.346. The first kappa shape index (κ1) is 17.3. The van der Waals surface area contributed by atoms with E-state index in [0.29, 0.717) is 22.5 Å². The van der Waals surface area contributed by atoms with Crippen LogP contribution in [0.25, 0.3) is 0 Å². The Hall–Kier alpha value is -1.56. The van der Waals surface area contributed by atoms with Crippen molar-refractivity contribution in [2.75, 3.05) is 13.1 Å². The van der Waals surface area contributed by atoms with E-state index in [4.69, 9.17) is 23.2 Å². The van der Waals surface area contributed by atoms with Gasteiger partial charge in [-0.2, -0.15) is 5.10 Å². The maximum Gasteiger partial charge on any atom is 0.242 e. The number of piperidine rings is 1. The van der Waals surface area contributed by atoms with Gasteiger partial charge in [-0.1, -0.05) is 29.3 Å². The van der Waals surface area contributed by atoms with Crippen molar-refractivity contribution in [3.8, 4) is 0 Å². The number of aromatic nitrogens is 2. The maximum atomic E-state index is 12.2. The van der Waals surface area contributed by atoms with Gasteiger partial charge in [-0.05, 0) is 43.1 Å². The molecule has 3 rings (SSSR count). The predicted molar refractivity (Wildman–Crippen MR) is 95.4 cm³/mol. The number of carbonyl (C=O) groups excluding carboxylic acids is 1. The fourth-order valence-electron chi connectivity index (χ4n) is 2.97. The van der Waals surface area contributed by atoms with Crippen LogP contribution in [0, 0.1) is 0 Å². The fraction of sp³-hybridized carbons (Fsp3) is 0.412. The Kier molecular flexibility index (Phi) is 5.76. The second-order valence-electron chi connectivity index (χ2n) is 5.98. The number of halogens is 2. The molecule has 1 saturated heterocycles. The van der Waals surface area contributed by atoms with Gasteiger partial charge in [-0.25, -0.2) is 0 Å². The first-order valence-electron chi connectivity index (χ1n) is 8.06. The molecule has 1 amide bonds. The van der Waals surface area contributed by atoms with E-state index < -0.39 is 0 Å². The topological polar surface area (TPSA) is 59.0 Å². The number of hydrogen-bond donors (Lipinski definition) is 2. The zero-order valence-electron chi connectivity index (χ0n) is 13.3. The summed E-state index contributed by atoms with van der Waals surface area (Å²) < 4.78 is 1.79. The molecule has 0 unspecified atom stereocenters. The molecule has 1 aromatic heterocycles. The third-order valence-corrected chi connectivity index (χ3v) is 4.97. The summed E-state index contributed by atoms with van der Waals surface area (Å²) in [6.45, 7) is 2.64. The maximum absolute atomic E-state index is 12.2. The van der Waals surface area contributed by atoms with Crippen LogP contribution < -0.4 is 10.6 Å². The summed E-state index contributed by atoms with van der Waals surface area (Å²) >= 11 is 11.9. The zero-order valence-corrected chi connectivity index (χ0v) is 14.8. The van der Waals surface area contributed by atoms with Crippen molar-refractivity contribution in [1.82, 2.24) is 20.4 Å². The Morgan fingerprint density at radius 2 is 2.21 bits per heavy atom. The van der Waals surface area contributed by atoms with Gasteiger partial charge in [0.15, 0.2) is 0 Å². The van der Waals surface area contributed by atoms with Gasteiger partial charge in [0.25, 0.3) is 0 Å². The first-order valence-corrected chi connectivity index (χ1v) is 8.82. The molecule has 128 valence electrons. The Morgan fingerprint density at radius 3 is 2.96 bits per heavy atom. The lowest BCUT2D eigenvalue weighted by Gasteiger charge is -2.23. The highest BCUT2D eigenvalue weighted by atomic mass is 35.5. The van der Waals surface area contributed by atoms with E-state index in [1.807, 2.05) is 12.1 Å². The van der Waals surface area contributed by atoms with Crippen LogP contribution in [-0.4, -0.2) is 28.8 Å². The lowest BCUT2D eigenvalue weighted by Crippen LogP contribution is -2.32. The molecule has 0 bridgehead atoms. The monoisotopic (exact) mass is 366 g/mol. The van der Waals surface area contributed by atoms with Crippen LogP contribution in [0.1, 0.15) is 30.0 Å². The molecule has 2 heterocycles. The number of rotatable bonds is 5. The Balaban J connectivity index is 1.57. The first-order chi connectivity index (χ1) is 11.6. The molecule has 1 aliphatic heterocycles. The third kappa shape index (κ3) is 4.29. The number of hydrogen-bond acceptors (Lipinski definition) is 3. The highest BCUT2D eigenvalue weighted by molar-refractivity contribution is 6.42. The standard InChI is InChI=1S/C17H20Cl2N4O/c18-14-4-3-12(8-15(14)19)9-21-17(24)11-23-16(5-7-22-23)13-2-1-6-20-10-13/h3-5,7-8,13,20H,1-2,6,9-11H2,(H,21,24)/t13-/m1/s1. The van der Waals surface area contributed by atoms with Crippen molar-refractivity contribution < 1.29 is 4.79 Å². The van der Waals surface area contributed by atoms with Gasteiger partial charge in [0.1, 0.15) is 6.54 Å². The Morgan fingerprint density at radius 1 is 1.33 bits per heavy atom. The van der Waals surface area contributed by atoms with Crippen LogP contribution in [0.5, 0.6) is 0 Å². The van der Waals surface area contributed by atoms with Crippen molar-refractivity contribution in [2.45, 2.75) is 31.8 Å². The Bertz CT molecular complexity index is 710. The average Bonchev–Trinajstić information content (AvgIpc) is 3.05. The third-order valence-electron chi connectivity index (χ3n) is 4.23. The van der Waals surface area contributed by atoms with E-state index in [9.17, 15) is 4.79 Å². The number of benzene rings is 1. The largest absolute Gasteiger partial charge is 0.350 e. The van der Waals surface area contributed by atoms with E-state index in [1.54, 1.807) is 23.0 Å². The molecule has 0 saturated carbocycles. The molecule has 1 aromatic carbocycles. The second kappa shape index (κ2) is 8.01. The highest BCUT2D eigenvalue weighted by Crippen LogP contribution is 2.23. The summed E-state index contributed by atoms with van der Waals surface area (Å²) in [6.07, 6.45) is 4.04. The molecular weight excluding hydrogens is 347 g/mol. The van der Waals surface area contributed by atoms with E-state index >= 15 is 0 Å². The molecule has 2 N–H and O–H groups in total. The van der Waals surface area contributed by atoms with Crippen LogP contribution >= 0.6 is 23.2 Å². The summed E-state index contributed by atoms with van der Waals surface area (Å²) in [5, 5.41) is 11.6. The van der Waals surface area contributed by atoms with Gasteiger partial charge in [0.05, 0.1) is 10.0 Å². The summed E-state index contributed by atoms with van der Waals surface area (Å²) in [5.41, 5.74) is 2.03. The number of nitrogens with zero attached hydrogens (tertiary/aromatic N) is 2. The molecule has 7 heteroatoms. The van der Waals surface area contributed by atoms with Crippen LogP contribution in [0.3, 0.4) is 0 Å². The molecule has 1 atom stereocenters. The number of amides is 1. The zero-order chi connectivity index (χ0) is 16.9. The quantitative estimate of drug-likeness (QED) is 0.854. The molecule has 1 fully saturated rings. The van der Waals surface area contributed by atoms with E-state index in [1.165, 1.54) is 0 Å². The normalized spacial score (nSPS) is 17.7. The van der Waals surface area contributed by atoms with Crippen molar-refractivity contribution >= 4 is 29.1 Å². The summed E-state index contributed by atoms with van der Waals surface area (Å²) in [4.78, 5) is 12.2.